The Bertz CT molecular complexity index is 1150. The lowest BCUT2D eigenvalue weighted by molar-refractivity contribution is -0.147. The Morgan fingerprint density at radius 2 is 1.85 bits per heavy atom. The predicted molar refractivity (Wildman–Crippen MR) is 153 cm³/mol. The highest BCUT2D eigenvalue weighted by molar-refractivity contribution is 5.97. The molecule has 4 rings (SSSR count). The summed E-state index contributed by atoms with van der Waals surface area (Å²) < 4.78 is 5.41. The van der Waals surface area contributed by atoms with Crippen LogP contribution in [0.1, 0.15) is 77.2 Å². The van der Waals surface area contributed by atoms with Gasteiger partial charge in [0.25, 0.3) is 0 Å². The third kappa shape index (κ3) is 8.05. The van der Waals surface area contributed by atoms with E-state index in [-0.39, 0.29) is 67.7 Å². The molecule has 5 atom stereocenters. The van der Waals surface area contributed by atoms with Crippen LogP contribution in [0.3, 0.4) is 0 Å². The van der Waals surface area contributed by atoms with Gasteiger partial charge in [0, 0.05) is 45.2 Å². The van der Waals surface area contributed by atoms with E-state index in [1.165, 1.54) is 6.92 Å². The van der Waals surface area contributed by atoms with Gasteiger partial charge in [-0.25, -0.2) is 0 Å². The maximum Gasteiger partial charge on any atom is 0.302 e. The standard InChI is InChI=1S/C32H43N3O6/c1-22-11-7-4-3-5-10-14-25-18-32(25,19-28(37)27-17-26(41-23(2)36)21-35(27)30(22)39)31(40)33-16-15-29(38)34-20-24-12-8-6-9-13-24/h6,8-10,12-14,22,25-27H,3-5,7,11,15-21H2,1-2H3,(H,33,40)(H,34,38)/b14-10-/t22-,25+,26+,27-,32+/m0/s1. The van der Waals surface area contributed by atoms with Crippen molar-refractivity contribution >= 4 is 29.5 Å². The van der Waals surface area contributed by atoms with E-state index < -0.39 is 23.5 Å². The van der Waals surface area contributed by atoms with Crippen LogP contribution < -0.4 is 10.6 Å². The van der Waals surface area contributed by atoms with Crippen molar-refractivity contribution in [3.05, 3.63) is 48.0 Å². The fraction of sp³-hybridized carbons (Fsp3) is 0.594. The number of ketones is 1. The summed E-state index contributed by atoms with van der Waals surface area (Å²) in [5.41, 5.74) is 0.101. The van der Waals surface area contributed by atoms with E-state index in [0.717, 1.165) is 37.7 Å². The molecule has 222 valence electrons. The fourth-order valence-electron chi connectivity index (χ4n) is 6.13. The SMILES string of the molecule is CC(=O)O[C@@H]1C[C@H]2C(=O)C[C@]3(C(=O)NCCC(=O)NCc4ccccc4)C[C@H]3/C=C\CCCCC[C@H](C)C(=O)N2C1. The number of ether oxygens (including phenoxy) is 1. The molecule has 9 heteroatoms. The molecule has 0 unspecified atom stereocenters. The molecule has 0 aromatic heterocycles. The molecule has 3 aliphatic rings. The average Bonchev–Trinajstić information content (AvgIpc) is 3.48. The van der Waals surface area contributed by atoms with Crippen molar-refractivity contribution in [1.29, 1.82) is 0 Å². The number of amides is 3. The zero-order valence-corrected chi connectivity index (χ0v) is 24.2. The van der Waals surface area contributed by atoms with E-state index in [9.17, 15) is 24.0 Å². The van der Waals surface area contributed by atoms with Crippen molar-refractivity contribution in [3.63, 3.8) is 0 Å². The first-order valence-electron chi connectivity index (χ1n) is 15.0. The van der Waals surface area contributed by atoms with Crippen molar-refractivity contribution in [2.75, 3.05) is 13.1 Å². The number of hydrogen-bond donors (Lipinski definition) is 2. The van der Waals surface area contributed by atoms with Gasteiger partial charge in [-0.05, 0) is 37.2 Å². The van der Waals surface area contributed by atoms with Crippen LogP contribution in [0.25, 0.3) is 0 Å². The molecule has 0 spiro atoms. The van der Waals surface area contributed by atoms with Gasteiger partial charge in [0.15, 0.2) is 5.78 Å². The fourth-order valence-corrected chi connectivity index (χ4v) is 6.13. The van der Waals surface area contributed by atoms with Crippen LogP contribution in [0.2, 0.25) is 0 Å². The van der Waals surface area contributed by atoms with Crippen LogP contribution in [-0.4, -0.2) is 59.6 Å². The molecule has 2 heterocycles. The monoisotopic (exact) mass is 565 g/mol. The first-order chi connectivity index (χ1) is 19.7. The van der Waals surface area contributed by atoms with E-state index in [4.69, 9.17) is 4.74 Å². The summed E-state index contributed by atoms with van der Waals surface area (Å²) in [4.78, 5) is 66.2. The summed E-state index contributed by atoms with van der Waals surface area (Å²) in [5, 5.41) is 5.77. The summed E-state index contributed by atoms with van der Waals surface area (Å²) in [5.74, 6) is -1.43. The van der Waals surface area contributed by atoms with E-state index in [1.807, 2.05) is 37.3 Å². The van der Waals surface area contributed by atoms with Gasteiger partial charge in [0.1, 0.15) is 6.10 Å². The maximum atomic E-state index is 13.8. The quantitative estimate of drug-likeness (QED) is 0.386. The van der Waals surface area contributed by atoms with Gasteiger partial charge < -0.3 is 20.3 Å². The minimum atomic E-state index is -0.895. The molecule has 3 amide bonds. The maximum absolute atomic E-state index is 13.8. The zero-order chi connectivity index (χ0) is 29.4. The summed E-state index contributed by atoms with van der Waals surface area (Å²) >= 11 is 0. The number of benzene rings is 1. The second-order valence-corrected chi connectivity index (χ2v) is 11.8. The molecule has 2 fully saturated rings. The molecule has 1 aliphatic carbocycles. The lowest BCUT2D eigenvalue weighted by Crippen LogP contribution is -2.45. The molecular formula is C32H43N3O6. The molecule has 9 nitrogen and oxygen atoms in total. The molecule has 41 heavy (non-hydrogen) atoms. The average molecular weight is 566 g/mol. The Kier molecular flexibility index (Phi) is 10.3. The normalized spacial score (nSPS) is 29.3. The van der Waals surface area contributed by atoms with E-state index in [1.54, 1.807) is 4.90 Å². The van der Waals surface area contributed by atoms with Gasteiger partial charge in [-0.1, -0.05) is 62.2 Å². The number of allylic oxidation sites excluding steroid dienone is 2. The van der Waals surface area contributed by atoms with Crippen molar-refractivity contribution in [2.45, 2.75) is 90.3 Å². The van der Waals surface area contributed by atoms with E-state index >= 15 is 0 Å². The van der Waals surface area contributed by atoms with Gasteiger partial charge in [0.2, 0.25) is 17.7 Å². The first kappa shape index (κ1) is 30.5. The van der Waals surface area contributed by atoms with E-state index in [0.29, 0.717) is 13.0 Å². The number of Topliss-reactive ketones (excluding diaryl/α,β-unsaturated/α-hetero) is 1. The molecule has 2 aliphatic heterocycles. The molecule has 1 aromatic carbocycles. The minimum Gasteiger partial charge on any atom is -0.461 e. The number of hydrogen-bond acceptors (Lipinski definition) is 6. The Morgan fingerprint density at radius 1 is 1.07 bits per heavy atom. The summed E-state index contributed by atoms with van der Waals surface area (Å²) in [6.45, 7) is 4.00. The first-order valence-corrected chi connectivity index (χ1v) is 15.0. The molecule has 1 saturated heterocycles. The summed E-state index contributed by atoms with van der Waals surface area (Å²) in [7, 11) is 0. The second kappa shape index (κ2) is 13.9. The summed E-state index contributed by atoms with van der Waals surface area (Å²) in [6.07, 6.45) is 9.12. The predicted octanol–water partition coefficient (Wildman–Crippen LogP) is 3.46. The molecule has 2 N–H and O–H groups in total. The topological polar surface area (TPSA) is 122 Å². The van der Waals surface area contributed by atoms with Crippen LogP contribution in [0, 0.1) is 17.3 Å². The number of rotatable bonds is 7. The largest absolute Gasteiger partial charge is 0.461 e. The number of carbonyl (C=O) groups is 5. The number of carbonyl (C=O) groups excluding carboxylic acids is 5. The molecule has 1 saturated carbocycles. The lowest BCUT2D eigenvalue weighted by Gasteiger charge is -2.27. The molecule has 1 aromatic rings. The Hall–Kier alpha value is -3.49. The Balaban J connectivity index is 1.42. The summed E-state index contributed by atoms with van der Waals surface area (Å²) in [6, 6.07) is 8.88. The highest BCUT2D eigenvalue weighted by Crippen LogP contribution is 2.57. The van der Waals surface area contributed by atoms with Crippen LogP contribution in [0.4, 0.5) is 0 Å². The highest BCUT2D eigenvalue weighted by Gasteiger charge is 2.60. The van der Waals surface area contributed by atoms with Crippen molar-refractivity contribution in [2.24, 2.45) is 17.3 Å². The number of esters is 1. The molecule has 0 radical (unpaired) electrons. The Labute approximate surface area is 242 Å². The third-order valence-corrected chi connectivity index (χ3v) is 8.59. The Morgan fingerprint density at radius 3 is 2.61 bits per heavy atom. The van der Waals surface area contributed by atoms with Gasteiger partial charge in [-0.3, -0.25) is 24.0 Å². The number of nitrogens with one attached hydrogen (secondary N) is 2. The van der Waals surface area contributed by atoms with Gasteiger partial charge in [-0.15, -0.1) is 0 Å². The highest BCUT2D eigenvalue weighted by atomic mass is 16.5. The number of nitrogens with zero attached hydrogens (tertiary/aromatic N) is 1. The van der Waals surface area contributed by atoms with Crippen LogP contribution in [-0.2, 0) is 35.3 Å². The van der Waals surface area contributed by atoms with Crippen LogP contribution in [0.15, 0.2) is 42.5 Å². The third-order valence-electron chi connectivity index (χ3n) is 8.59. The van der Waals surface area contributed by atoms with E-state index in [2.05, 4.69) is 22.8 Å². The van der Waals surface area contributed by atoms with Gasteiger partial charge in [-0.2, -0.15) is 0 Å². The molecule has 0 bridgehead atoms. The van der Waals surface area contributed by atoms with Crippen molar-refractivity contribution in [3.8, 4) is 0 Å². The zero-order valence-electron chi connectivity index (χ0n) is 24.2. The molecular weight excluding hydrogens is 522 g/mol. The smallest absolute Gasteiger partial charge is 0.302 e. The van der Waals surface area contributed by atoms with Crippen LogP contribution in [0.5, 0.6) is 0 Å². The van der Waals surface area contributed by atoms with Crippen molar-refractivity contribution in [1.82, 2.24) is 15.5 Å². The number of fused-ring (bicyclic) bond motifs is 2. The second-order valence-electron chi connectivity index (χ2n) is 11.8. The minimum absolute atomic E-state index is 0.00363. The lowest BCUT2D eigenvalue weighted by atomic mass is 9.90. The van der Waals surface area contributed by atoms with Crippen molar-refractivity contribution < 1.29 is 28.7 Å². The van der Waals surface area contributed by atoms with Crippen LogP contribution >= 0.6 is 0 Å². The van der Waals surface area contributed by atoms with Gasteiger partial charge in [0.05, 0.1) is 18.0 Å². The van der Waals surface area contributed by atoms with Gasteiger partial charge >= 0.3 is 5.97 Å².